The second-order valence-corrected chi connectivity index (χ2v) is 15.0. The van der Waals surface area contributed by atoms with Gasteiger partial charge >= 0.3 is 0 Å². The van der Waals surface area contributed by atoms with Gasteiger partial charge in [-0.2, -0.15) is 0 Å². The van der Waals surface area contributed by atoms with E-state index in [9.17, 15) is 39.1 Å². The number of hydrogen-bond acceptors (Lipinski definition) is 10. The molecule has 9 rings (SSSR count). The normalized spacial score (nSPS) is 10.8. The Labute approximate surface area is 435 Å². The van der Waals surface area contributed by atoms with Crippen molar-refractivity contribution in [2.75, 3.05) is 11.6 Å². The van der Waals surface area contributed by atoms with Crippen LogP contribution in [-0.2, 0) is 0 Å². The standard InChI is InChI=1S/3C15H12O2.C12H10N2O2.Eu/c3*16-14(12-7-3-1-4-8-12)11-15(17)13-9-5-2-6-10-13;15-11-5-6-13-12-8-2-1-7-14(16)10(8)4-3-9(11)12;/h3*1-10H,11H2;1-6,16H,7H2,(H,13,15);. The monoisotopic (exact) mass is 1040 g/mol. The predicted molar refractivity (Wildman–Crippen MR) is 260 cm³/mol. The first-order valence-corrected chi connectivity index (χ1v) is 21.3. The van der Waals surface area contributed by atoms with Gasteiger partial charge in [-0.25, -0.2) is 0 Å². The number of hydrogen-bond donors (Lipinski definition) is 2. The van der Waals surface area contributed by atoms with Crippen molar-refractivity contribution in [2.45, 2.75) is 19.3 Å². The number of carbonyl (C=O) groups is 6. The van der Waals surface area contributed by atoms with Crippen LogP contribution >= 0.6 is 0 Å². The molecule has 1 radical (unpaired) electrons. The van der Waals surface area contributed by atoms with Gasteiger partial charge in [0.25, 0.3) is 0 Å². The topological polar surface area (TPSA) is 159 Å². The van der Waals surface area contributed by atoms with E-state index in [0.717, 1.165) is 5.56 Å². The zero-order valence-electron chi connectivity index (χ0n) is 36.7. The van der Waals surface area contributed by atoms with Crippen LogP contribution in [0.5, 0.6) is 5.75 Å². The number of pyridine rings is 1. The number of ketones is 6. The van der Waals surface area contributed by atoms with Gasteiger partial charge in [-0.1, -0.05) is 194 Å². The van der Waals surface area contributed by atoms with Crippen LogP contribution in [0.25, 0.3) is 17.0 Å². The molecule has 68 heavy (non-hydrogen) atoms. The summed E-state index contributed by atoms with van der Waals surface area (Å²) >= 11 is 0. The maximum Gasteiger partial charge on any atom is 0.170 e. The Morgan fingerprint density at radius 2 is 0.721 bits per heavy atom. The minimum absolute atomic E-state index is 0. The van der Waals surface area contributed by atoms with Gasteiger partial charge < -0.3 is 5.11 Å². The van der Waals surface area contributed by atoms with Gasteiger partial charge in [0, 0.05) is 99.9 Å². The number of nitrogens with zero attached hydrogens (tertiary/aromatic N) is 2. The van der Waals surface area contributed by atoms with Crippen LogP contribution in [0, 0.1) is 49.4 Å². The van der Waals surface area contributed by atoms with Crippen LogP contribution in [0.15, 0.2) is 212 Å². The Kier molecular flexibility index (Phi) is 20.5. The number of rotatable bonds is 12. The number of carbonyl (C=O) groups excluding carboxylic acids is 6. The summed E-state index contributed by atoms with van der Waals surface area (Å²) in [7, 11) is 0. The number of hydroxylamine groups is 1. The molecule has 0 fully saturated rings. The van der Waals surface area contributed by atoms with Gasteiger partial charge in [0.05, 0.1) is 37.0 Å². The largest absolute Gasteiger partial charge is 0.507 e. The average molecular weight is 1040 g/mol. The molecule has 0 bridgehead atoms. The van der Waals surface area contributed by atoms with Gasteiger partial charge in [0.1, 0.15) is 5.75 Å². The maximum absolute atomic E-state index is 11.8. The van der Waals surface area contributed by atoms with Crippen molar-refractivity contribution in [3.05, 3.63) is 251 Å². The molecular formula is C57H46EuN2O8. The van der Waals surface area contributed by atoms with E-state index in [1.54, 1.807) is 170 Å². The number of aromatic nitrogens is 1. The van der Waals surface area contributed by atoms with Crippen molar-refractivity contribution in [1.82, 2.24) is 4.98 Å². The van der Waals surface area contributed by atoms with Crippen LogP contribution in [0.4, 0.5) is 5.69 Å². The van der Waals surface area contributed by atoms with Gasteiger partial charge in [0.15, 0.2) is 34.7 Å². The molecule has 0 spiro atoms. The first-order chi connectivity index (χ1) is 32.6. The summed E-state index contributed by atoms with van der Waals surface area (Å²) in [4.78, 5) is 75.1. The van der Waals surface area contributed by atoms with Crippen molar-refractivity contribution >= 4 is 57.4 Å². The molecule has 339 valence electrons. The van der Waals surface area contributed by atoms with Gasteiger partial charge in [0.2, 0.25) is 0 Å². The van der Waals surface area contributed by atoms with Crippen molar-refractivity contribution in [3.63, 3.8) is 0 Å². The molecule has 1 aliphatic rings. The van der Waals surface area contributed by atoms with E-state index in [4.69, 9.17) is 0 Å². The van der Waals surface area contributed by atoms with E-state index in [1.165, 1.54) is 5.06 Å². The van der Waals surface area contributed by atoms with E-state index in [2.05, 4.69) is 4.98 Å². The Bertz CT molecular complexity index is 2580. The SMILES string of the molecule is O=C(CC(=O)c1ccccc1)c1ccccc1.O=C(CC(=O)c1ccccc1)c1ccccc1.O=C(CC(=O)c1ccccc1)c1ccccc1.Oc1ccnc2c3c(ccc12)N(O)CC=C3.[Eu]. The van der Waals surface area contributed by atoms with Crippen LogP contribution in [0.2, 0.25) is 0 Å². The van der Waals surface area contributed by atoms with Crippen molar-refractivity contribution in [3.8, 4) is 5.75 Å². The summed E-state index contributed by atoms with van der Waals surface area (Å²) in [6.07, 6.45) is 5.10. The maximum atomic E-state index is 11.8. The fraction of sp³-hybridized carbons (Fsp3) is 0.0702. The molecule has 7 aromatic carbocycles. The Hall–Kier alpha value is -7.15. The molecule has 0 amide bonds. The summed E-state index contributed by atoms with van der Waals surface area (Å²) < 4.78 is 0. The van der Waals surface area contributed by atoms with Gasteiger partial charge in [-0.05, 0) is 18.2 Å². The van der Waals surface area contributed by atoms with E-state index < -0.39 is 0 Å². The number of aromatic hydroxyl groups is 1. The molecule has 1 aliphatic heterocycles. The fourth-order valence-corrected chi connectivity index (χ4v) is 6.77. The predicted octanol–water partition coefficient (Wildman–Crippen LogP) is 11.6. The Morgan fingerprint density at radius 3 is 1.01 bits per heavy atom. The number of anilines is 1. The molecule has 2 heterocycles. The minimum Gasteiger partial charge on any atom is -0.507 e. The molecule has 0 saturated carbocycles. The molecule has 0 saturated heterocycles. The van der Waals surface area contributed by atoms with E-state index >= 15 is 0 Å². The molecule has 10 nitrogen and oxygen atoms in total. The number of Topliss-reactive ketones (excluding diaryl/α,β-unsaturated/α-hetero) is 6. The second kappa shape index (κ2) is 26.9. The van der Waals surface area contributed by atoms with E-state index in [-0.39, 0.29) is 109 Å². The minimum atomic E-state index is -0.139. The summed E-state index contributed by atoms with van der Waals surface area (Å²) in [5.41, 5.74) is 5.73. The second-order valence-electron chi connectivity index (χ2n) is 15.0. The average Bonchev–Trinajstić information content (AvgIpc) is 3.38. The van der Waals surface area contributed by atoms with E-state index in [0.29, 0.717) is 56.5 Å². The molecule has 8 aromatic rings. The fourth-order valence-electron chi connectivity index (χ4n) is 6.77. The first-order valence-electron chi connectivity index (χ1n) is 21.3. The molecule has 0 aliphatic carbocycles. The van der Waals surface area contributed by atoms with Crippen molar-refractivity contribution in [1.29, 1.82) is 0 Å². The quantitative estimate of drug-likeness (QED) is 0.0891. The van der Waals surface area contributed by atoms with Crippen LogP contribution in [0.1, 0.15) is 87.0 Å². The summed E-state index contributed by atoms with van der Waals surface area (Å²) in [6, 6.07) is 58.3. The third kappa shape index (κ3) is 15.2. The van der Waals surface area contributed by atoms with E-state index in [1.807, 2.05) is 48.6 Å². The van der Waals surface area contributed by atoms with Gasteiger partial charge in [-0.3, -0.25) is 44.0 Å². The Morgan fingerprint density at radius 1 is 0.426 bits per heavy atom. The van der Waals surface area contributed by atoms with Crippen LogP contribution < -0.4 is 5.06 Å². The van der Waals surface area contributed by atoms with Crippen LogP contribution in [-0.4, -0.2) is 56.5 Å². The third-order valence-corrected chi connectivity index (χ3v) is 10.3. The Balaban J connectivity index is 0.000000169. The third-order valence-electron chi connectivity index (χ3n) is 10.3. The summed E-state index contributed by atoms with van der Waals surface area (Å²) in [5, 5.41) is 21.2. The molecule has 11 heteroatoms. The zero-order chi connectivity index (χ0) is 47.4. The summed E-state index contributed by atoms with van der Waals surface area (Å²) in [5.74, 6) is -0.631. The van der Waals surface area contributed by atoms with Crippen LogP contribution in [0.3, 0.4) is 0 Å². The molecule has 1 aromatic heterocycles. The zero-order valence-corrected chi connectivity index (χ0v) is 39.2. The molecule has 0 unspecified atom stereocenters. The molecular weight excluding hydrogens is 993 g/mol. The van der Waals surface area contributed by atoms with Gasteiger partial charge in [-0.15, -0.1) is 0 Å². The number of benzene rings is 7. The summed E-state index contributed by atoms with van der Waals surface area (Å²) in [6.45, 7) is 0.470. The number of fused-ring (bicyclic) bond motifs is 3. The van der Waals surface area contributed by atoms with Crippen molar-refractivity contribution < 1.29 is 88.5 Å². The molecule has 0 atom stereocenters. The smallest absolute Gasteiger partial charge is 0.170 e. The molecule has 2 N–H and O–H groups in total. The van der Waals surface area contributed by atoms with Crippen molar-refractivity contribution in [2.24, 2.45) is 0 Å². The first kappa shape index (κ1) is 51.8.